The van der Waals surface area contributed by atoms with Crippen LogP contribution in [0.4, 0.5) is 0 Å². The molecular formula is C13H20N2O3S2. The van der Waals surface area contributed by atoms with E-state index in [0.29, 0.717) is 11.7 Å². The maximum Gasteiger partial charge on any atom is 0.242 e. The number of nitrogens with zero attached hydrogens (tertiary/aromatic N) is 1. The molecule has 0 aromatic carbocycles. The molecule has 2 N–H and O–H groups in total. The molecule has 0 spiro atoms. The van der Waals surface area contributed by atoms with E-state index in [2.05, 4.69) is 4.72 Å². The summed E-state index contributed by atoms with van der Waals surface area (Å²) in [6, 6.07) is 1.99. The molecular weight excluding hydrogens is 296 g/mol. The summed E-state index contributed by atoms with van der Waals surface area (Å²) in [6.07, 6.45) is 5.76. The highest BCUT2D eigenvalue weighted by Crippen LogP contribution is 2.37. The molecule has 2 fully saturated rings. The lowest BCUT2D eigenvalue weighted by Crippen LogP contribution is -2.38. The van der Waals surface area contributed by atoms with Crippen molar-refractivity contribution >= 4 is 21.8 Å². The molecule has 5 nitrogen and oxygen atoms in total. The van der Waals surface area contributed by atoms with Crippen LogP contribution in [0, 0.1) is 0 Å². The number of aromatic nitrogens is 1. The molecule has 1 aromatic rings. The lowest BCUT2D eigenvalue weighted by Gasteiger charge is -2.21. The molecule has 0 bridgehead atoms. The smallest absolute Gasteiger partial charge is 0.242 e. The summed E-state index contributed by atoms with van der Waals surface area (Å²) in [5.41, 5.74) is 0.686. The van der Waals surface area contributed by atoms with Gasteiger partial charge in [0.15, 0.2) is 0 Å². The second-order valence-corrected chi connectivity index (χ2v) is 8.36. The highest BCUT2D eigenvalue weighted by molar-refractivity contribution is 7.99. The van der Waals surface area contributed by atoms with Crippen LogP contribution in [-0.2, 0) is 16.6 Å². The Hall–Kier alpha value is -0.500. The number of hydrogen-bond acceptors (Lipinski definition) is 4. The lowest BCUT2D eigenvalue weighted by molar-refractivity contribution is 0.270. The molecule has 7 heteroatoms. The van der Waals surface area contributed by atoms with Gasteiger partial charge in [-0.2, -0.15) is 11.8 Å². The fraction of sp³-hybridized carbons (Fsp3) is 0.692. The predicted octanol–water partition coefficient (Wildman–Crippen LogP) is 1.49. The van der Waals surface area contributed by atoms with Crippen molar-refractivity contribution in [3.63, 3.8) is 0 Å². The van der Waals surface area contributed by atoms with E-state index in [1.54, 1.807) is 24.0 Å². The van der Waals surface area contributed by atoms with E-state index < -0.39 is 10.0 Å². The van der Waals surface area contributed by atoms with Gasteiger partial charge in [-0.05, 0) is 37.5 Å². The van der Waals surface area contributed by atoms with Gasteiger partial charge < -0.3 is 9.67 Å². The minimum atomic E-state index is -3.47. The summed E-state index contributed by atoms with van der Waals surface area (Å²) in [5, 5.41) is 9.36. The first-order chi connectivity index (χ1) is 9.60. The van der Waals surface area contributed by atoms with Gasteiger partial charge in [0, 0.05) is 29.7 Å². The molecule has 1 aliphatic carbocycles. The first-order valence-electron chi connectivity index (χ1n) is 7.02. The van der Waals surface area contributed by atoms with E-state index in [1.807, 2.05) is 4.57 Å². The van der Waals surface area contributed by atoms with Crippen LogP contribution in [0.15, 0.2) is 17.2 Å². The highest BCUT2D eigenvalue weighted by atomic mass is 32.2. The maximum absolute atomic E-state index is 12.4. The molecule has 1 aromatic heterocycles. The molecule has 2 aliphatic rings. The van der Waals surface area contributed by atoms with E-state index >= 15 is 0 Å². The molecule has 112 valence electrons. The summed E-state index contributed by atoms with van der Waals surface area (Å²) in [6.45, 7) is -0.120. The number of hydrogen-bond donors (Lipinski definition) is 2. The molecule has 0 radical (unpaired) electrons. The number of thioether (sulfide) groups is 1. The lowest BCUT2D eigenvalue weighted by atomic mass is 10.2. The average molecular weight is 316 g/mol. The van der Waals surface area contributed by atoms with Gasteiger partial charge in [0.25, 0.3) is 0 Å². The molecule has 1 unspecified atom stereocenters. The molecule has 20 heavy (non-hydrogen) atoms. The Morgan fingerprint density at radius 3 is 2.80 bits per heavy atom. The van der Waals surface area contributed by atoms with E-state index in [0.717, 1.165) is 37.2 Å². The summed E-state index contributed by atoms with van der Waals surface area (Å²) < 4.78 is 29.5. The van der Waals surface area contributed by atoms with Crippen molar-refractivity contribution in [1.82, 2.24) is 9.29 Å². The molecule has 1 saturated carbocycles. The van der Waals surface area contributed by atoms with Gasteiger partial charge in [0.2, 0.25) is 10.0 Å². The Kier molecular flexibility index (Phi) is 4.12. The highest BCUT2D eigenvalue weighted by Gasteiger charge is 2.29. The molecule has 1 atom stereocenters. The predicted molar refractivity (Wildman–Crippen MR) is 79.3 cm³/mol. The Balaban J connectivity index is 1.79. The van der Waals surface area contributed by atoms with Gasteiger partial charge in [-0.25, -0.2) is 13.1 Å². The van der Waals surface area contributed by atoms with Gasteiger partial charge in [0.05, 0.1) is 11.5 Å². The summed E-state index contributed by atoms with van der Waals surface area (Å²) in [5.74, 6) is 1.96. The standard InChI is InChI=1S/C13H20N2O3S2/c16-8-12-6-13(7-15(12)11-3-4-11)20(17,18)14-10-2-1-5-19-9-10/h6-7,10-11,14,16H,1-5,8-9H2. The van der Waals surface area contributed by atoms with Gasteiger partial charge in [0.1, 0.15) is 0 Å². The fourth-order valence-electron chi connectivity index (χ4n) is 2.58. The number of aliphatic hydroxyl groups is 1. The summed E-state index contributed by atoms with van der Waals surface area (Å²) in [4.78, 5) is 0.282. The SMILES string of the molecule is O=S(=O)(NC1CCCSC1)c1cc(CO)n(C2CC2)c1. The van der Waals surface area contributed by atoms with Crippen LogP contribution in [0.25, 0.3) is 0 Å². The Morgan fingerprint density at radius 1 is 1.40 bits per heavy atom. The van der Waals surface area contributed by atoms with Crippen LogP contribution in [0.2, 0.25) is 0 Å². The zero-order valence-corrected chi connectivity index (χ0v) is 12.9. The van der Waals surface area contributed by atoms with Crippen LogP contribution < -0.4 is 4.72 Å². The quantitative estimate of drug-likeness (QED) is 0.863. The van der Waals surface area contributed by atoms with Crippen LogP contribution in [0.1, 0.15) is 37.4 Å². The Labute approximate surface area is 123 Å². The monoisotopic (exact) mass is 316 g/mol. The van der Waals surface area contributed by atoms with Crippen molar-refractivity contribution in [2.75, 3.05) is 11.5 Å². The zero-order chi connectivity index (χ0) is 14.2. The Morgan fingerprint density at radius 2 is 2.20 bits per heavy atom. The van der Waals surface area contributed by atoms with Crippen LogP contribution in [0.5, 0.6) is 0 Å². The minimum Gasteiger partial charge on any atom is -0.390 e. The normalized spacial score (nSPS) is 23.9. The van der Waals surface area contributed by atoms with E-state index in [-0.39, 0.29) is 17.5 Å². The fourth-order valence-corrected chi connectivity index (χ4v) is 5.08. The molecule has 0 amide bonds. The number of rotatable bonds is 5. The minimum absolute atomic E-state index is 0.0283. The van der Waals surface area contributed by atoms with Crippen LogP contribution >= 0.6 is 11.8 Å². The average Bonchev–Trinajstić information content (AvgIpc) is 3.18. The van der Waals surface area contributed by atoms with Crippen molar-refractivity contribution < 1.29 is 13.5 Å². The number of nitrogens with one attached hydrogen (secondary N) is 1. The van der Waals surface area contributed by atoms with E-state index in [9.17, 15) is 13.5 Å². The van der Waals surface area contributed by atoms with Crippen molar-refractivity contribution in [1.29, 1.82) is 0 Å². The van der Waals surface area contributed by atoms with Crippen molar-refractivity contribution in [2.45, 2.75) is 49.3 Å². The van der Waals surface area contributed by atoms with E-state index in [4.69, 9.17) is 0 Å². The maximum atomic E-state index is 12.4. The molecule has 1 saturated heterocycles. The van der Waals surface area contributed by atoms with Crippen LogP contribution in [0.3, 0.4) is 0 Å². The number of sulfonamides is 1. The molecule has 3 rings (SSSR count). The third-order valence-corrected chi connectivity index (χ3v) is 6.50. The Bertz CT molecular complexity index is 572. The third kappa shape index (κ3) is 3.05. The summed E-state index contributed by atoms with van der Waals surface area (Å²) >= 11 is 1.79. The first kappa shape index (κ1) is 14.4. The van der Waals surface area contributed by atoms with Gasteiger partial charge in [-0.3, -0.25) is 0 Å². The van der Waals surface area contributed by atoms with Gasteiger partial charge in [-0.1, -0.05) is 0 Å². The first-order valence-corrected chi connectivity index (χ1v) is 9.65. The van der Waals surface area contributed by atoms with Gasteiger partial charge >= 0.3 is 0 Å². The topological polar surface area (TPSA) is 71.3 Å². The van der Waals surface area contributed by atoms with Crippen molar-refractivity contribution in [3.05, 3.63) is 18.0 Å². The summed E-state index contributed by atoms with van der Waals surface area (Å²) in [7, 11) is -3.47. The molecule has 1 aliphatic heterocycles. The molecule has 2 heterocycles. The van der Waals surface area contributed by atoms with E-state index in [1.165, 1.54) is 0 Å². The van der Waals surface area contributed by atoms with Crippen molar-refractivity contribution in [3.8, 4) is 0 Å². The van der Waals surface area contributed by atoms with Crippen LogP contribution in [-0.4, -0.2) is 35.6 Å². The second-order valence-electron chi connectivity index (χ2n) is 5.50. The second kappa shape index (κ2) is 5.71. The zero-order valence-electron chi connectivity index (χ0n) is 11.3. The number of aliphatic hydroxyl groups excluding tert-OH is 1. The third-order valence-electron chi connectivity index (χ3n) is 3.80. The largest absolute Gasteiger partial charge is 0.390 e. The van der Waals surface area contributed by atoms with Crippen molar-refractivity contribution in [2.24, 2.45) is 0 Å². The van der Waals surface area contributed by atoms with Gasteiger partial charge in [-0.15, -0.1) is 0 Å².